The first-order chi connectivity index (χ1) is 8.04. The Morgan fingerprint density at radius 3 is 2.59 bits per heavy atom. The third-order valence-corrected chi connectivity index (χ3v) is 4.29. The maximum absolute atomic E-state index is 6.03. The van der Waals surface area contributed by atoms with Crippen LogP contribution in [0.15, 0.2) is 22.7 Å². The molecule has 17 heavy (non-hydrogen) atoms. The molecular weight excluding hydrogens is 323 g/mol. The van der Waals surface area contributed by atoms with E-state index in [2.05, 4.69) is 21.0 Å². The molecule has 0 radical (unpaired) electrons. The van der Waals surface area contributed by atoms with E-state index in [-0.39, 0.29) is 0 Å². The van der Waals surface area contributed by atoms with Gasteiger partial charge in [0.15, 0.2) is 0 Å². The maximum atomic E-state index is 6.03. The predicted octanol–water partition coefficient (Wildman–Crippen LogP) is 4.64. The van der Waals surface area contributed by atoms with Crippen LogP contribution >= 0.6 is 39.1 Å². The number of benzene rings is 1. The Kier molecular flexibility index (Phi) is 3.81. The fourth-order valence-electron chi connectivity index (χ4n) is 1.71. The SMILES string of the molecule is Cc1nn(-c2cc(Cl)ccc2CCl)c(C)c1Br. The molecule has 0 amide bonds. The van der Waals surface area contributed by atoms with Gasteiger partial charge in [-0.3, -0.25) is 0 Å². The van der Waals surface area contributed by atoms with E-state index in [9.17, 15) is 0 Å². The average molecular weight is 334 g/mol. The monoisotopic (exact) mass is 332 g/mol. The van der Waals surface area contributed by atoms with Crippen molar-refractivity contribution in [3.63, 3.8) is 0 Å². The van der Waals surface area contributed by atoms with Gasteiger partial charge >= 0.3 is 0 Å². The lowest BCUT2D eigenvalue weighted by molar-refractivity contribution is 0.826. The van der Waals surface area contributed by atoms with Gasteiger partial charge < -0.3 is 0 Å². The Bertz CT molecular complexity index is 564. The lowest BCUT2D eigenvalue weighted by Gasteiger charge is -2.09. The van der Waals surface area contributed by atoms with Gasteiger partial charge in [0.05, 0.1) is 21.5 Å². The minimum Gasteiger partial charge on any atom is -0.236 e. The molecule has 2 aromatic rings. The van der Waals surface area contributed by atoms with E-state index < -0.39 is 0 Å². The Morgan fingerprint density at radius 1 is 1.35 bits per heavy atom. The molecule has 0 saturated heterocycles. The molecule has 2 rings (SSSR count). The van der Waals surface area contributed by atoms with Gasteiger partial charge in [-0.15, -0.1) is 11.6 Å². The summed E-state index contributed by atoms with van der Waals surface area (Å²) in [6.45, 7) is 3.96. The molecule has 2 nitrogen and oxygen atoms in total. The molecule has 5 heteroatoms. The van der Waals surface area contributed by atoms with E-state index >= 15 is 0 Å². The highest BCUT2D eigenvalue weighted by Gasteiger charge is 2.13. The molecule has 0 aliphatic heterocycles. The van der Waals surface area contributed by atoms with E-state index in [0.717, 1.165) is 27.1 Å². The zero-order valence-corrected chi connectivity index (χ0v) is 12.6. The van der Waals surface area contributed by atoms with Gasteiger partial charge in [-0.05, 0) is 47.5 Å². The molecule has 0 spiro atoms. The Balaban J connectivity index is 2.67. The van der Waals surface area contributed by atoms with Gasteiger partial charge in [-0.1, -0.05) is 17.7 Å². The number of halogens is 3. The summed E-state index contributed by atoms with van der Waals surface area (Å²) in [5.41, 5.74) is 3.92. The van der Waals surface area contributed by atoms with Gasteiger partial charge in [0.25, 0.3) is 0 Å². The molecule has 1 heterocycles. The zero-order valence-electron chi connectivity index (χ0n) is 9.47. The van der Waals surface area contributed by atoms with Crippen LogP contribution in [0.1, 0.15) is 17.0 Å². The summed E-state index contributed by atoms with van der Waals surface area (Å²) in [7, 11) is 0. The standard InChI is InChI=1S/C12H11BrCl2N2/c1-7-12(13)8(2)17(16-7)11-5-10(15)4-3-9(11)6-14/h3-5H,6H2,1-2H3. The second kappa shape index (κ2) is 5.01. The molecule has 0 N–H and O–H groups in total. The number of aromatic nitrogens is 2. The van der Waals surface area contributed by atoms with Crippen LogP contribution in [0, 0.1) is 13.8 Å². The summed E-state index contributed by atoms with van der Waals surface area (Å²) < 4.78 is 2.88. The highest BCUT2D eigenvalue weighted by Crippen LogP contribution is 2.27. The van der Waals surface area contributed by atoms with Crippen molar-refractivity contribution in [1.82, 2.24) is 9.78 Å². The summed E-state index contributed by atoms with van der Waals surface area (Å²) in [5.74, 6) is 0.433. The summed E-state index contributed by atoms with van der Waals surface area (Å²) in [5, 5.41) is 5.16. The molecule has 0 unspecified atom stereocenters. The molecular formula is C12H11BrCl2N2. The topological polar surface area (TPSA) is 17.8 Å². The van der Waals surface area contributed by atoms with Crippen molar-refractivity contribution < 1.29 is 0 Å². The minimum atomic E-state index is 0.433. The first-order valence-corrected chi connectivity index (χ1v) is 6.81. The summed E-state index contributed by atoms with van der Waals surface area (Å²) >= 11 is 15.5. The van der Waals surface area contributed by atoms with Crippen LogP contribution in [0.25, 0.3) is 5.69 Å². The van der Waals surface area contributed by atoms with E-state index in [1.165, 1.54) is 0 Å². The van der Waals surface area contributed by atoms with Crippen molar-refractivity contribution in [3.8, 4) is 5.69 Å². The van der Waals surface area contributed by atoms with Gasteiger partial charge in [0.2, 0.25) is 0 Å². The highest BCUT2D eigenvalue weighted by atomic mass is 79.9. The maximum Gasteiger partial charge on any atom is 0.0743 e. The molecule has 0 aliphatic rings. The predicted molar refractivity (Wildman–Crippen MR) is 75.3 cm³/mol. The number of alkyl halides is 1. The second-order valence-corrected chi connectivity index (χ2v) is 5.30. The van der Waals surface area contributed by atoms with Crippen LogP contribution in [-0.4, -0.2) is 9.78 Å². The number of rotatable bonds is 2. The highest BCUT2D eigenvalue weighted by molar-refractivity contribution is 9.10. The van der Waals surface area contributed by atoms with Gasteiger partial charge in [-0.2, -0.15) is 5.10 Å². The molecule has 90 valence electrons. The van der Waals surface area contributed by atoms with Crippen molar-refractivity contribution in [2.24, 2.45) is 0 Å². The Labute approximate surface area is 119 Å². The van der Waals surface area contributed by atoms with E-state index in [0.29, 0.717) is 10.9 Å². The average Bonchev–Trinajstić information content (AvgIpc) is 2.57. The molecule has 0 aliphatic carbocycles. The van der Waals surface area contributed by atoms with Crippen LogP contribution in [0.5, 0.6) is 0 Å². The molecule has 0 fully saturated rings. The number of hydrogen-bond donors (Lipinski definition) is 0. The zero-order chi connectivity index (χ0) is 12.6. The second-order valence-electron chi connectivity index (χ2n) is 3.80. The van der Waals surface area contributed by atoms with Crippen molar-refractivity contribution in [1.29, 1.82) is 0 Å². The molecule has 1 aromatic carbocycles. The van der Waals surface area contributed by atoms with Gasteiger partial charge in [-0.25, -0.2) is 4.68 Å². The first kappa shape index (κ1) is 12.9. The molecule has 0 bridgehead atoms. The molecule has 1 aromatic heterocycles. The first-order valence-electron chi connectivity index (χ1n) is 5.11. The van der Waals surface area contributed by atoms with E-state index in [1.54, 1.807) is 0 Å². The fourth-order valence-corrected chi connectivity index (χ4v) is 2.34. The van der Waals surface area contributed by atoms with Crippen LogP contribution in [0.4, 0.5) is 0 Å². The number of hydrogen-bond acceptors (Lipinski definition) is 1. The van der Waals surface area contributed by atoms with Gasteiger partial charge in [0, 0.05) is 10.9 Å². The lowest BCUT2D eigenvalue weighted by Crippen LogP contribution is -2.02. The lowest BCUT2D eigenvalue weighted by atomic mass is 10.2. The van der Waals surface area contributed by atoms with Crippen molar-refractivity contribution >= 4 is 39.1 Å². The van der Waals surface area contributed by atoms with Gasteiger partial charge in [0.1, 0.15) is 0 Å². The molecule has 0 atom stereocenters. The van der Waals surface area contributed by atoms with E-state index in [1.807, 2.05) is 36.7 Å². The Hall–Kier alpha value is -0.510. The minimum absolute atomic E-state index is 0.433. The van der Waals surface area contributed by atoms with Crippen molar-refractivity contribution in [2.45, 2.75) is 19.7 Å². The van der Waals surface area contributed by atoms with Crippen molar-refractivity contribution in [2.75, 3.05) is 0 Å². The third-order valence-electron chi connectivity index (χ3n) is 2.62. The largest absolute Gasteiger partial charge is 0.236 e. The summed E-state index contributed by atoms with van der Waals surface area (Å²) in [6, 6.07) is 5.64. The van der Waals surface area contributed by atoms with Crippen LogP contribution in [0.3, 0.4) is 0 Å². The summed E-state index contributed by atoms with van der Waals surface area (Å²) in [6.07, 6.45) is 0. The molecule has 0 saturated carbocycles. The Morgan fingerprint density at radius 2 is 2.06 bits per heavy atom. The van der Waals surface area contributed by atoms with E-state index in [4.69, 9.17) is 23.2 Å². The van der Waals surface area contributed by atoms with Crippen molar-refractivity contribution in [3.05, 3.63) is 44.6 Å². The normalized spacial score (nSPS) is 10.9. The van der Waals surface area contributed by atoms with Crippen LogP contribution < -0.4 is 0 Å². The quantitative estimate of drug-likeness (QED) is 0.732. The smallest absolute Gasteiger partial charge is 0.0743 e. The summed E-state index contributed by atoms with van der Waals surface area (Å²) in [4.78, 5) is 0. The van der Waals surface area contributed by atoms with Crippen LogP contribution in [-0.2, 0) is 5.88 Å². The number of nitrogens with zero attached hydrogens (tertiary/aromatic N) is 2. The van der Waals surface area contributed by atoms with Crippen LogP contribution in [0.2, 0.25) is 5.02 Å². The fraction of sp³-hybridized carbons (Fsp3) is 0.250. The number of aryl methyl sites for hydroxylation is 1. The third kappa shape index (κ3) is 2.37.